The number of carbonyl (C=O) groups is 1. The third-order valence-electron chi connectivity index (χ3n) is 3.53. The lowest BCUT2D eigenvalue weighted by Crippen LogP contribution is -2.37. The number of benzene rings is 1. The highest BCUT2D eigenvalue weighted by Gasteiger charge is 2.24. The quantitative estimate of drug-likeness (QED) is 0.892. The lowest BCUT2D eigenvalue weighted by atomic mass is 10.1. The topological polar surface area (TPSA) is 65.6 Å². The normalized spacial score (nSPS) is 15.2. The van der Waals surface area contributed by atoms with Crippen molar-refractivity contribution in [3.05, 3.63) is 40.6 Å². The number of aromatic carboxylic acids is 1. The van der Waals surface area contributed by atoms with Gasteiger partial charge in [-0.3, -0.25) is 0 Å². The molecule has 0 atom stereocenters. The van der Waals surface area contributed by atoms with Gasteiger partial charge in [-0.15, -0.1) is 0 Å². The minimum Gasteiger partial charge on any atom is -0.477 e. The van der Waals surface area contributed by atoms with E-state index in [2.05, 4.69) is 25.8 Å². The molecule has 0 aliphatic carbocycles. The number of hydrogen-bond acceptors (Lipinski definition) is 3. The summed E-state index contributed by atoms with van der Waals surface area (Å²) < 4.78 is 6.32. The summed E-state index contributed by atoms with van der Waals surface area (Å²) in [5.41, 5.74) is 2.85. The largest absolute Gasteiger partial charge is 0.477 e. The first-order valence-corrected chi connectivity index (χ1v) is 7.49. The molecule has 0 bridgehead atoms. The molecule has 2 N–H and O–H groups in total. The van der Waals surface area contributed by atoms with E-state index in [-0.39, 0.29) is 5.69 Å². The number of aromatic amines is 1. The standard InChI is InChI=1S/C15H15BrN2O3/c16-11-3-1-2-10(8-11)12-9-17-13(15(19)20)14(12)18-4-6-21-7-5-18/h1-3,8-9,17H,4-7H2,(H,19,20). The van der Waals surface area contributed by atoms with E-state index in [1.807, 2.05) is 24.3 Å². The number of nitrogens with zero attached hydrogens (tertiary/aromatic N) is 1. The number of carboxylic acid groups (broad SMARTS) is 1. The van der Waals surface area contributed by atoms with Gasteiger partial charge in [0.2, 0.25) is 0 Å². The average molecular weight is 351 g/mol. The first-order chi connectivity index (χ1) is 10.2. The predicted octanol–water partition coefficient (Wildman–Crippen LogP) is 2.98. The Balaban J connectivity index is 2.10. The number of halogens is 1. The number of nitrogens with one attached hydrogen (secondary N) is 1. The molecule has 1 aromatic carbocycles. The Morgan fingerprint density at radius 1 is 1.33 bits per heavy atom. The minimum absolute atomic E-state index is 0.229. The number of aromatic nitrogens is 1. The maximum atomic E-state index is 11.5. The van der Waals surface area contributed by atoms with E-state index in [4.69, 9.17) is 4.74 Å². The molecule has 1 aromatic heterocycles. The van der Waals surface area contributed by atoms with E-state index in [0.29, 0.717) is 26.3 Å². The third kappa shape index (κ3) is 2.82. The van der Waals surface area contributed by atoms with E-state index in [1.54, 1.807) is 6.20 Å². The highest BCUT2D eigenvalue weighted by atomic mass is 79.9. The molecule has 110 valence electrons. The molecule has 2 heterocycles. The summed E-state index contributed by atoms with van der Waals surface area (Å²) >= 11 is 3.46. The molecule has 3 rings (SSSR count). The van der Waals surface area contributed by atoms with Crippen molar-refractivity contribution in [1.29, 1.82) is 0 Å². The molecule has 2 aromatic rings. The molecular weight excluding hydrogens is 336 g/mol. The number of H-pyrrole nitrogens is 1. The fraction of sp³-hybridized carbons (Fsp3) is 0.267. The monoisotopic (exact) mass is 350 g/mol. The molecule has 0 unspecified atom stereocenters. The molecule has 21 heavy (non-hydrogen) atoms. The second-order valence-electron chi connectivity index (χ2n) is 4.84. The van der Waals surface area contributed by atoms with Gasteiger partial charge in [-0.2, -0.15) is 0 Å². The van der Waals surface area contributed by atoms with E-state index < -0.39 is 5.97 Å². The van der Waals surface area contributed by atoms with Crippen molar-refractivity contribution in [2.24, 2.45) is 0 Å². The first-order valence-electron chi connectivity index (χ1n) is 6.70. The van der Waals surface area contributed by atoms with E-state index >= 15 is 0 Å². The Hall–Kier alpha value is -1.79. The van der Waals surface area contributed by atoms with Gasteiger partial charge in [0.1, 0.15) is 5.69 Å². The highest BCUT2D eigenvalue weighted by Crippen LogP contribution is 2.35. The summed E-state index contributed by atoms with van der Waals surface area (Å²) in [6.07, 6.45) is 1.76. The van der Waals surface area contributed by atoms with Crippen molar-refractivity contribution in [3.63, 3.8) is 0 Å². The zero-order valence-corrected chi connectivity index (χ0v) is 12.9. The van der Waals surface area contributed by atoms with Gasteiger partial charge in [0, 0.05) is 29.3 Å². The lowest BCUT2D eigenvalue weighted by Gasteiger charge is -2.29. The van der Waals surface area contributed by atoms with E-state index in [1.165, 1.54) is 0 Å². The SMILES string of the molecule is O=C(O)c1[nH]cc(-c2cccc(Br)c2)c1N1CCOCC1. The number of ether oxygens (including phenoxy) is 1. The van der Waals surface area contributed by atoms with Crippen LogP contribution < -0.4 is 4.90 Å². The van der Waals surface area contributed by atoms with Gasteiger partial charge < -0.3 is 19.7 Å². The van der Waals surface area contributed by atoms with Crippen molar-refractivity contribution >= 4 is 27.6 Å². The number of hydrogen-bond donors (Lipinski definition) is 2. The summed E-state index contributed by atoms with van der Waals surface area (Å²) in [4.78, 5) is 16.4. The van der Waals surface area contributed by atoms with Crippen LogP contribution >= 0.6 is 15.9 Å². The molecule has 1 saturated heterocycles. The molecule has 5 nitrogen and oxygen atoms in total. The minimum atomic E-state index is -0.947. The molecule has 1 aliphatic rings. The number of morpholine rings is 1. The fourth-order valence-corrected chi connectivity index (χ4v) is 2.97. The van der Waals surface area contributed by atoms with Crippen molar-refractivity contribution in [1.82, 2.24) is 4.98 Å². The van der Waals surface area contributed by atoms with E-state index in [9.17, 15) is 9.90 Å². The van der Waals surface area contributed by atoms with Crippen molar-refractivity contribution < 1.29 is 14.6 Å². The fourth-order valence-electron chi connectivity index (χ4n) is 2.57. The molecule has 0 saturated carbocycles. The molecule has 0 spiro atoms. The molecular formula is C15H15BrN2O3. The smallest absolute Gasteiger partial charge is 0.354 e. The van der Waals surface area contributed by atoms with Gasteiger partial charge in [-0.05, 0) is 17.7 Å². The summed E-state index contributed by atoms with van der Waals surface area (Å²) in [7, 11) is 0. The average Bonchev–Trinajstić information content (AvgIpc) is 2.93. The van der Waals surface area contributed by atoms with Crippen molar-refractivity contribution in [3.8, 4) is 11.1 Å². The number of rotatable bonds is 3. The van der Waals surface area contributed by atoms with Crippen LogP contribution in [0.15, 0.2) is 34.9 Å². The second-order valence-corrected chi connectivity index (χ2v) is 5.76. The van der Waals surface area contributed by atoms with Gasteiger partial charge >= 0.3 is 5.97 Å². The predicted molar refractivity (Wildman–Crippen MR) is 83.9 cm³/mol. The van der Waals surface area contributed by atoms with E-state index in [0.717, 1.165) is 21.3 Å². The number of anilines is 1. The third-order valence-corrected chi connectivity index (χ3v) is 4.02. The summed E-state index contributed by atoms with van der Waals surface area (Å²) in [5, 5.41) is 9.41. The van der Waals surface area contributed by atoms with Gasteiger partial charge in [0.25, 0.3) is 0 Å². The Bertz CT molecular complexity index is 663. The Labute approximate surface area is 130 Å². The Kier molecular flexibility index (Phi) is 3.98. The summed E-state index contributed by atoms with van der Waals surface area (Å²) in [6.45, 7) is 2.61. The van der Waals surface area contributed by atoms with Gasteiger partial charge in [-0.25, -0.2) is 4.79 Å². The molecule has 1 fully saturated rings. The molecule has 0 amide bonds. The Morgan fingerprint density at radius 3 is 2.76 bits per heavy atom. The molecule has 1 aliphatic heterocycles. The van der Waals surface area contributed by atoms with Crippen molar-refractivity contribution in [2.45, 2.75) is 0 Å². The number of carboxylic acids is 1. The van der Waals surface area contributed by atoms with Crippen LogP contribution in [0.3, 0.4) is 0 Å². The van der Waals surface area contributed by atoms with Crippen LogP contribution in [0.5, 0.6) is 0 Å². The van der Waals surface area contributed by atoms with Crippen LogP contribution in [0.1, 0.15) is 10.5 Å². The van der Waals surface area contributed by atoms with Crippen LogP contribution in [-0.4, -0.2) is 42.4 Å². The van der Waals surface area contributed by atoms with Crippen LogP contribution in [0.25, 0.3) is 11.1 Å². The van der Waals surface area contributed by atoms with Gasteiger partial charge in [0.15, 0.2) is 0 Å². The van der Waals surface area contributed by atoms with Crippen molar-refractivity contribution in [2.75, 3.05) is 31.2 Å². The molecule has 6 heteroatoms. The zero-order chi connectivity index (χ0) is 14.8. The first kappa shape index (κ1) is 14.2. The summed E-state index contributed by atoms with van der Waals surface area (Å²) in [6, 6.07) is 7.85. The maximum absolute atomic E-state index is 11.5. The lowest BCUT2D eigenvalue weighted by molar-refractivity contribution is 0.0690. The second kappa shape index (κ2) is 5.91. The van der Waals surface area contributed by atoms with Crippen LogP contribution in [0, 0.1) is 0 Å². The maximum Gasteiger partial charge on any atom is 0.354 e. The van der Waals surface area contributed by atoms with Crippen LogP contribution in [0.2, 0.25) is 0 Å². The molecule has 0 radical (unpaired) electrons. The van der Waals surface area contributed by atoms with Crippen LogP contribution in [0.4, 0.5) is 5.69 Å². The van der Waals surface area contributed by atoms with Gasteiger partial charge in [-0.1, -0.05) is 28.1 Å². The summed E-state index contributed by atoms with van der Waals surface area (Å²) in [5.74, 6) is -0.947. The zero-order valence-electron chi connectivity index (χ0n) is 11.3. The van der Waals surface area contributed by atoms with Gasteiger partial charge in [0.05, 0.1) is 18.9 Å². The Morgan fingerprint density at radius 2 is 2.10 bits per heavy atom. The van der Waals surface area contributed by atoms with Crippen LogP contribution in [-0.2, 0) is 4.74 Å². The highest BCUT2D eigenvalue weighted by molar-refractivity contribution is 9.10.